The zero-order chi connectivity index (χ0) is 12.1. The van der Waals surface area contributed by atoms with Crippen molar-refractivity contribution in [1.29, 1.82) is 0 Å². The molecule has 0 aliphatic carbocycles. The molecule has 0 unspecified atom stereocenters. The van der Waals surface area contributed by atoms with Gasteiger partial charge < -0.3 is 10.6 Å². The van der Waals surface area contributed by atoms with E-state index in [0.29, 0.717) is 12.8 Å². The fourth-order valence-electron chi connectivity index (χ4n) is 2.03. The van der Waals surface area contributed by atoms with Gasteiger partial charge in [0.25, 0.3) is 0 Å². The van der Waals surface area contributed by atoms with Crippen LogP contribution < -0.4 is 10.6 Å². The van der Waals surface area contributed by atoms with Gasteiger partial charge in [-0.05, 0) is 30.2 Å². The molecule has 0 fully saturated rings. The smallest absolute Gasteiger partial charge is 0.225 e. The Morgan fingerprint density at radius 2 is 2.41 bits per heavy atom. The molecule has 0 aromatic heterocycles. The summed E-state index contributed by atoms with van der Waals surface area (Å²) in [4.78, 5) is 11.6. The molecule has 1 aliphatic heterocycles. The lowest BCUT2D eigenvalue weighted by Crippen LogP contribution is -2.25. The summed E-state index contributed by atoms with van der Waals surface area (Å²) in [6.45, 7) is 1.82. The fourth-order valence-corrected chi connectivity index (χ4v) is 2.03. The van der Waals surface area contributed by atoms with Gasteiger partial charge >= 0.3 is 0 Å². The van der Waals surface area contributed by atoms with Crippen LogP contribution in [0.1, 0.15) is 24.0 Å². The first-order valence-corrected chi connectivity index (χ1v) is 5.86. The highest BCUT2D eigenvalue weighted by molar-refractivity contribution is 5.91. The lowest BCUT2D eigenvalue weighted by atomic mass is 9.99. The number of fused-ring (bicyclic) bond motifs is 1. The van der Waals surface area contributed by atoms with Crippen molar-refractivity contribution in [3.63, 3.8) is 0 Å². The van der Waals surface area contributed by atoms with E-state index in [1.807, 2.05) is 12.1 Å². The first-order chi connectivity index (χ1) is 8.31. The van der Waals surface area contributed by atoms with Gasteiger partial charge in [-0.3, -0.25) is 4.79 Å². The summed E-state index contributed by atoms with van der Waals surface area (Å²) in [5, 5.41) is 6.24. The maximum Gasteiger partial charge on any atom is 0.225 e. The molecule has 3 heteroatoms. The van der Waals surface area contributed by atoms with Gasteiger partial charge in [0.2, 0.25) is 5.91 Å². The minimum absolute atomic E-state index is 0.0121. The summed E-state index contributed by atoms with van der Waals surface area (Å²) in [6.07, 6.45) is 7.03. The molecule has 1 aliphatic rings. The van der Waals surface area contributed by atoms with Crippen LogP contribution in [0.25, 0.3) is 0 Å². The van der Waals surface area contributed by atoms with Crippen molar-refractivity contribution < 1.29 is 4.79 Å². The normalized spacial score (nSPS) is 13.6. The van der Waals surface area contributed by atoms with Crippen LogP contribution in [0.4, 0.5) is 5.69 Å². The molecule has 1 aromatic carbocycles. The van der Waals surface area contributed by atoms with Crippen molar-refractivity contribution in [2.75, 3.05) is 11.9 Å². The summed E-state index contributed by atoms with van der Waals surface area (Å²) in [5.74, 6) is 2.46. The molecule has 0 spiro atoms. The second-order valence-corrected chi connectivity index (χ2v) is 4.12. The first kappa shape index (κ1) is 11.7. The predicted octanol–water partition coefficient (Wildman–Crippen LogP) is 1.68. The number of anilines is 1. The van der Waals surface area contributed by atoms with Crippen LogP contribution in [-0.4, -0.2) is 12.5 Å². The number of carbonyl (C=O) groups is 1. The van der Waals surface area contributed by atoms with Crippen LogP contribution in [0.15, 0.2) is 18.2 Å². The van der Waals surface area contributed by atoms with E-state index in [2.05, 4.69) is 22.6 Å². The van der Waals surface area contributed by atoms with Crippen LogP contribution >= 0.6 is 0 Å². The van der Waals surface area contributed by atoms with Crippen molar-refractivity contribution >= 4 is 11.6 Å². The van der Waals surface area contributed by atoms with E-state index < -0.39 is 0 Å². The van der Waals surface area contributed by atoms with Crippen LogP contribution in [0.3, 0.4) is 0 Å². The number of hydrogen-bond donors (Lipinski definition) is 2. The predicted molar refractivity (Wildman–Crippen MR) is 68.5 cm³/mol. The second-order valence-electron chi connectivity index (χ2n) is 4.12. The second kappa shape index (κ2) is 5.51. The Hall–Kier alpha value is -1.79. The van der Waals surface area contributed by atoms with E-state index in [9.17, 15) is 4.79 Å². The molecule has 1 aromatic rings. The molecule has 2 N–H and O–H groups in total. The van der Waals surface area contributed by atoms with E-state index in [4.69, 9.17) is 6.42 Å². The molecule has 0 radical (unpaired) electrons. The Kier molecular flexibility index (Phi) is 3.79. The number of carbonyl (C=O) groups excluding carboxylic acids is 1. The lowest BCUT2D eigenvalue weighted by molar-refractivity contribution is -0.116. The van der Waals surface area contributed by atoms with E-state index in [1.54, 1.807) is 0 Å². The van der Waals surface area contributed by atoms with Crippen molar-refractivity contribution in [1.82, 2.24) is 5.32 Å². The quantitative estimate of drug-likeness (QED) is 0.773. The summed E-state index contributed by atoms with van der Waals surface area (Å²) < 4.78 is 0. The zero-order valence-electron chi connectivity index (χ0n) is 9.75. The third-order valence-electron chi connectivity index (χ3n) is 2.92. The maximum absolute atomic E-state index is 11.6. The average Bonchev–Trinajstić information content (AvgIpc) is 2.37. The monoisotopic (exact) mass is 228 g/mol. The summed E-state index contributed by atoms with van der Waals surface area (Å²) in [5.41, 5.74) is 3.43. The molecule has 0 bridgehead atoms. The van der Waals surface area contributed by atoms with Gasteiger partial charge in [0.15, 0.2) is 0 Å². The van der Waals surface area contributed by atoms with E-state index in [-0.39, 0.29) is 5.91 Å². The number of rotatable bonds is 3. The van der Waals surface area contributed by atoms with Gasteiger partial charge in [-0.2, -0.15) is 0 Å². The minimum atomic E-state index is -0.0121. The molecule has 88 valence electrons. The molecule has 0 saturated carbocycles. The standard InChI is InChI=1S/C14H16N2O/c1-2-3-7-14(17)16-13-6-4-5-11-8-9-15-10-12(11)13/h1,4-6,15H,3,7-10H2,(H,16,17). The van der Waals surface area contributed by atoms with Gasteiger partial charge in [-0.1, -0.05) is 12.1 Å². The van der Waals surface area contributed by atoms with Crippen molar-refractivity contribution in [2.45, 2.75) is 25.8 Å². The van der Waals surface area contributed by atoms with Crippen LogP contribution in [0.5, 0.6) is 0 Å². The number of terminal acetylenes is 1. The highest BCUT2D eigenvalue weighted by atomic mass is 16.1. The summed E-state index contributed by atoms with van der Waals surface area (Å²) in [6, 6.07) is 6.05. The van der Waals surface area contributed by atoms with Gasteiger partial charge in [-0.15, -0.1) is 12.3 Å². The Morgan fingerprint density at radius 1 is 1.53 bits per heavy atom. The molecule has 1 heterocycles. The number of benzene rings is 1. The molecule has 2 rings (SSSR count). The number of amides is 1. The largest absolute Gasteiger partial charge is 0.326 e. The summed E-state index contributed by atoms with van der Waals surface area (Å²) in [7, 11) is 0. The molecule has 0 atom stereocenters. The minimum Gasteiger partial charge on any atom is -0.326 e. The highest BCUT2D eigenvalue weighted by Gasteiger charge is 2.13. The van der Waals surface area contributed by atoms with Crippen molar-refractivity contribution in [3.05, 3.63) is 29.3 Å². The van der Waals surface area contributed by atoms with Gasteiger partial charge in [0.1, 0.15) is 0 Å². The third kappa shape index (κ3) is 2.86. The number of hydrogen-bond acceptors (Lipinski definition) is 2. The van der Waals surface area contributed by atoms with Gasteiger partial charge in [0, 0.05) is 25.1 Å². The number of nitrogens with one attached hydrogen (secondary N) is 2. The first-order valence-electron chi connectivity index (χ1n) is 5.86. The van der Waals surface area contributed by atoms with Gasteiger partial charge in [0.05, 0.1) is 0 Å². The molecule has 1 amide bonds. The van der Waals surface area contributed by atoms with Crippen molar-refractivity contribution in [3.8, 4) is 12.3 Å². The topological polar surface area (TPSA) is 41.1 Å². The third-order valence-corrected chi connectivity index (χ3v) is 2.92. The molecule has 0 saturated heterocycles. The molecule has 3 nitrogen and oxygen atoms in total. The van der Waals surface area contributed by atoms with Crippen LogP contribution in [0.2, 0.25) is 0 Å². The van der Waals surface area contributed by atoms with Gasteiger partial charge in [-0.25, -0.2) is 0 Å². The Balaban J connectivity index is 2.11. The fraction of sp³-hybridized carbons (Fsp3) is 0.357. The van der Waals surface area contributed by atoms with E-state index >= 15 is 0 Å². The zero-order valence-corrected chi connectivity index (χ0v) is 9.75. The average molecular weight is 228 g/mol. The summed E-state index contributed by atoms with van der Waals surface area (Å²) >= 11 is 0. The highest BCUT2D eigenvalue weighted by Crippen LogP contribution is 2.23. The van der Waals surface area contributed by atoms with E-state index in [1.165, 1.54) is 11.1 Å². The SMILES string of the molecule is C#CCCC(=O)Nc1cccc2c1CNCC2. The Bertz CT molecular complexity index is 460. The Labute approximate surface area is 102 Å². The van der Waals surface area contributed by atoms with Crippen molar-refractivity contribution in [2.24, 2.45) is 0 Å². The van der Waals surface area contributed by atoms with Crippen LogP contribution in [0, 0.1) is 12.3 Å². The maximum atomic E-state index is 11.6. The lowest BCUT2D eigenvalue weighted by Gasteiger charge is -2.20. The van der Waals surface area contributed by atoms with Crippen LogP contribution in [-0.2, 0) is 17.8 Å². The Morgan fingerprint density at radius 3 is 3.24 bits per heavy atom. The molecular formula is C14H16N2O. The molecular weight excluding hydrogens is 212 g/mol. The molecule has 17 heavy (non-hydrogen) atoms. The van der Waals surface area contributed by atoms with E-state index in [0.717, 1.165) is 25.2 Å².